The van der Waals surface area contributed by atoms with Gasteiger partial charge in [-0.25, -0.2) is 18.8 Å². The highest BCUT2D eigenvalue weighted by molar-refractivity contribution is 6.00. The first-order chi connectivity index (χ1) is 23.0. The van der Waals surface area contributed by atoms with Crippen LogP contribution in [-0.4, -0.2) is 80.4 Å². The molecule has 2 aromatic rings. The van der Waals surface area contributed by atoms with E-state index in [0.717, 1.165) is 36.8 Å². The van der Waals surface area contributed by atoms with Gasteiger partial charge in [0.25, 0.3) is 5.91 Å². The van der Waals surface area contributed by atoms with Gasteiger partial charge < -0.3 is 29.2 Å². The number of carbonyl (C=O) groups is 4. The van der Waals surface area contributed by atoms with E-state index in [-0.39, 0.29) is 42.6 Å². The third-order valence-electron chi connectivity index (χ3n) is 9.06. The Morgan fingerprint density at radius 2 is 1.73 bits per heavy atom. The molecule has 1 saturated heterocycles. The quantitative estimate of drug-likeness (QED) is 0.172. The molecule has 1 aliphatic carbocycles. The van der Waals surface area contributed by atoms with Gasteiger partial charge in [-0.2, -0.15) is 0 Å². The molecule has 48 heavy (non-hydrogen) atoms. The summed E-state index contributed by atoms with van der Waals surface area (Å²) in [6, 6.07) is 12.4. The van der Waals surface area contributed by atoms with Crippen molar-refractivity contribution >= 4 is 23.8 Å². The lowest BCUT2D eigenvalue weighted by molar-refractivity contribution is -0.162. The molecule has 262 valence electrons. The lowest BCUT2D eigenvalue weighted by Gasteiger charge is -2.28. The summed E-state index contributed by atoms with van der Waals surface area (Å²) in [5.74, 6) is -2.25. The van der Waals surface area contributed by atoms with Crippen LogP contribution in [0.15, 0.2) is 48.5 Å². The molecule has 0 radical (unpaired) electrons. The molecule has 4 rings (SSSR count). The minimum absolute atomic E-state index is 0.0418. The number of amides is 1. The molecular formula is C37H49FN2O8. The van der Waals surface area contributed by atoms with Crippen LogP contribution in [-0.2, 0) is 35.2 Å². The van der Waals surface area contributed by atoms with Crippen molar-refractivity contribution in [3.05, 3.63) is 65.2 Å². The normalized spacial score (nSPS) is 17.4. The van der Waals surface area contributed by atoms with Crippen LogP contribution in [0.3, 0.4) is 0 Å². The number of hydrogen-bond acceptors (Lipinski definition) is 9. The average molecular weight is 669 g/mol. The SMILES string of the molecule is CCCC(C)(F)C[C@H](NC)C(=O)Oc1cc(C2CCOCC2)ccc1C(=O)N(C)[C@@H](CC1CC1)C(=O)OCC(=O)OCc1ccccc1. The highest BCUT2D eigenvalue weighted by Crippen LogP contribution is 2.36. The van der Waals surface area contributed by atoms with Crippen molar-refractivity contribution in [2.75, 3.05) is 33.9 Å². The maximum Gasteiger partial charge on any atom is 0.344 e. The molecule has 10 nitrogen and oxygen atoms in total. The van der Waals surface area contributed by atoms with Crippen molar-refractivity contribution in [3.8, 4) is 5.75 Å². The lowest BCUT2D eigenvalue weighted by Crippen LogP contribution is -2.45. The molecule has 1 aliphatic heterocycles. The van der Waals surface area contributed by atoms with E-state index >= 15 is 4.39 Å². The number of halogens is 1. The first-order valence-corrected chi connectivity index (χ1v) is 16.9. The molecule has 2 aromatic carbocycles. The third-order valence-corrected chi connectivity index (χ3v) is 9.06. The zero-order valence-corrected chi connectivity index (χ0v) is 28.5. The summed E-state index contributed by atoms with van der Waals surface area (Å²) in [5, 5.41) is 2.86. The summed E-state index contributed by atoms with van der Waals surface area (Å²) < 4.78 is 37.1. The van der Waals surface area contributed by atoms with Crippen LogP contribution in [0.2, 0.25) is 0 Å². The summed E-state index contributed by atoms with van der Waals surface area (Å²) in [5.41, 5.74) is 0.193. The number of carbonyl (C=O) groups excluding carboxylic acids is 4. The zero-order valence-electron chi connectivity index (χ0n) is 28.5. The van der Waals surface area contributed by atoms with Crippen LogP contribution in [0.5, 0.6) is 5.75 Å². The summed E-state index contributed by atoms with van der Waals surface area (Å²) in [6.07, 6.45) is 4.58. The second-order valence-corrected chi connectivity index (χ2v) is 13.1. The number of rotatable bonds is 17. The summed E-state index contributed by atoms with van der Waals surface area (Å²) in [7, 11) is 3.07. The Kier molecular flexibility index (Phi) is 13.5. The van der Waals surface area contributed by atoms with Gasteiger partial charge >= 0.3 is 17.9 Å². The van der Waals surface area contributed by atoms with Crippen LogP contribution in [0, 0.1) is 5.92 Å². The van der Waals surface area contributed by atoms with Crippen molar-refractivity contribution < 1.29 is 42.5 Å². The van der Waals surface area contributed by atoms with Gasteiger partial charge in [0.2, 0.25) is 0 Å². The van der Waals surface area contributed by atoms with Gasteiger partial charge in [0, 0.05) is 26.7 Å². The summed E-state index contributed by atoms with van der Waals surface area (Å²) >= 11 is 0. The first kappa shape index (κ1) is 37.0. The van der Waals surface area contributed by atoms with Gasteiger partial charge in [0.1, 0.15) is 30.1 Å². The highest BCUT2D eigenvalue weighted by Gasteiger charge is 2.37. The van der Waals surface area contributed by atoms with Crippen molar-refractivity contribution in [2.45, 2.75) is 95.5 Å². The van der Waals surface area contributed by atoms with Crippen molar-refractivity contribution in [1.29, 1.82) is 0 Å². The standard InChI is InChI=1S/C37H49FN2O8/c1-5-17-37(2,38)22-30(39-3)35(43)48-32-21-28(27-15-18-45-19-16-27)13-14-29(32)34(42)40(4)31(20-25-11-12-25)36(44)47-24-33(41)46-23-26-9-7-6-8-10-26/h6-10,13-14,21,25,27,30-31,39H,5,11-12,15-20,22-24H2,1-4H3/t30-,31-,37?/m0/s1. The van der Waals surface area contributed by atoms with E-state index in [1.807, 2.05) is 43.3 Å². The highest BCUT2D eigenvalue weighted by atomic mass is 19.1. The zero-order chi connectivity index (χ0) is 34.7. The van der Waals surface area contributed by atoms with Crippen LogP contribution in [0.4, 0.5) is 4.39 Å². The molecule has 1 saturated carbocycles. The minimum Gasteiger partial charge on any atom is -0.458 e. The number of likely N-dealkylation sites (N-methyl/N-ethyl adjacent to an activating group) is 2. The average Bonchev–Trinajstić information content (AvgIpc) is 3.92. The molecule has 1 heterocycles. The molecule has 11 heteroatoms. The molecule has 0 spiro atoms. The molecular weight excluding hydrogens is 619 g/mol. The van der Waals surface area contributed by atoms with Crippen LogP contribution < -0.4 is 10.1 Å². The Bertz CT molecular complexity index is 1390. The molecule has 2 aliphatic rings. The van der Waals surface area contributed by atoms with E-state index in [9.17, 15) is 19.2 Å². The van der Waals surface area contributed by atoms with Crippen molar-refractivity contribution in [3.63, 3.8) is 0 Å². The Labute approximate surface area is 282 Å². The van der Waals surface area contributed by atoms with Gasteiger partial charge in [-0.1, -0.05) is 62.6 Å². The minimum atomic E-state index is -1.59. The molecule has 0 bridgehead atoms. The lowest BCUT2D eigenvalue weighted by atomic mass is 9.90. The van der Waals surface area contributed by atoms with Gasteiger partial charge in [-0.05, 0) is 74.8 Å². The van der Waals surface area contributed by atoms with Crippen molar-refractivity contribution in [1.82, 2.24) is 10.2 Å². The maximum atomic E-state index is 15.2. The number of nitrogens with zero attached hydrogens (tertiary/aromatic N) is 1. The second kappa shape index (κ2) is 17.5. The largest absolute Gasteiger partial charge is 0.458 e. The third kappa shape index (κ3) is 10.8. The van der Waals surface area contributed by atoms with E-state index in [4.69, 9.17) is 18.9 Å². The fourth-order valence-corrected chi connectivity index (χ4v) is 6.04. The van der Waals surface area contributed by atoms with Crippen LogP contribution in [0.1, 0.15) is 92.6 Å². The van der Waals surface area contributed by atoms with Crippen LogP contribution >= 0.6 is 0 Å². The topological polar surface area (TPSA) is 120 Å². The molecule has 1 amide bonds. The van der Waals surface area contributed by atoms with E-state index in [1.165, 1.54) is 18.9 Å². The summed E-state index contributed by atoms with van der Waals surface area (Å²) in [6.45, 7) is 4.00. The van der Waals surface area contributed by atoms with Crippen molar-refractivity contribution in [2.24, 2.45) is 5.92 Å². The Morgan fingerprint density at radius 1 is 1.02 bits per heavy atom. The van der Waals surface area contributed by atoms with Gasteiger partial charge in [-0.15, -0.1) is 0 Å². The maximum absolute atomic E-state index is 15.2. The second-order valence-electron chi connectivity index (χ2n) is 13.1. The predicted molar refractivity (Wildman–Crippen MR) is 177 cm³/mol. The Hall–Kier alpha value is -3.83. The number of alkyl halides is 1. The molecule has 1 N–H and O–H groups in total. The smallest absolute Gasteiger partial charge is 0.344 e. The van der Waals surface area contributed by atoms with E-state index in [1.54, 1.807) is 19.2 Å². The molecule has 0 aromatic heterocycles. The number of esters is 3. The number of nitrogens with one attached hydrogen (secondary N) is 1. The fraction of sp³-hybridized carbons (Fsp3) is 0.568. The Balaban J connectivity index is 1.51. The number of ether oxygens (including phenoxy) is 4. The van der Waals surface area contributed by atoms with E-state index < -0.39 is 48.2 Å². The van der Waals surface area contributed by atoms with E-state index in [2.05, 4.69) is 5.32 Å². The molecule has 1 unspecified atom stereocenters. The predicted octanol–water partition coefficient (Wildman–Crippen LogP) is 5.52. The van der Waals surface area contributed by atoms with Gasteiger partial charge in [-0.3, -0.25) is 4.79 Å². The Morgan fingerprint density at radius 3 is 2.38 bits per heavy atom. The fourth-order valence-electron chi connectivity index (χ4n) is 6.04. The summed E-state index contributed by atoms with van der Waals surface area (Å²) in [4.78, 5) is 54.5. The number of benzene rings is 2. The van der Waals surface area contributed by atoms with Crippen LogP contribution in [0.25, 0.3) is 0 Å². The monoisotopic (exact) mass is 668 g/mol. The first-order valence-electron chi connectivity index (χ1n) is 16.9. The molecule has 2 fully saturated rings. The van der Waals surface area contributed by atoms with Gasteiger partial charge in [0.15, 0.2) is 6.61 Å². The van der Waals surface area contributed by atoms with Gasteiger partial charge in [0.05, 0.1) is 5.56 Å². The van der Waals surface area contributed by atoms with E-state index in [0.29, 0.717) is 26.1 Å². The molecule has 3 atom stereocenters. The number of hydrogen-bond donors (Lipinski definition) is 1.